The molecule has 0 nitrogen and oxygen atoms in total. The summed E-state index contributed by atoms with van der Waals surface area (Å²) in [6.07, 6.45) is 2.44. The van der Waals surface area contributed by atoms with Crippen molar-refractivity contribution in [2.75, 3.05) is 0 Å². The molecule has 16 heavy (non-hydrogen) atoms. The van der Waals surface area contributed by atoms with Crippen molar-refractivity contribution < 1.29 is 0 Å². The van der Waals surface area contributed by atoms with E-state index in [-0.39, 0.29) is 0 Å². The highest BCUT2D eigenvalue weighted by molar-refractivity contribution is 9.09. The van der Waals surface area contributed by atoms with E-state index in [1.54, 1.807) is 0 Å². The van der Waals surface area contributed by atoms with Gasteiger partial charge in [-0.15, -0.1) is 0 Å². The lowest BCUT2D eigenvalue weighted by atomic mass is 9.94. The topological polar surface area (TPSA) is 0 Å². The van der Waals surface area contributed by atoms with Crippen LogP contribution < -0.4 is 0 Å². The highest BCUT2D eigenvalue weighted by atomic mass is 79.9. The average molecular weight is 304 g/mol. The van der Waals surface area contributed by atoms with E-state index in [9.17, 15) is 0 Å². The third-order valence-corrected chi connectivity index (χ3v) is 4.88. The maximum atomic E-state index is 6.31. The fourth-order valence-electron chi connectivity index (χ4n) is 1.92. The van der Waals surface area contributed by atoms with Gasteiger partial charge in [0.05, 0.1) is 0 Å². The van der Waals surface area contributed by atoms with Crippen LogP contribution >= 0.6 is 27.5 Å². The molecule has 0 N–H and O–H groups in total. The van der Waals surface area contributed by atoms with E-state index < -0.39 is 0 Å². The second-order valence-corrected chi connectivity index (χ2v) is 6.02. The molecular weight excluding hydrogens is 284 g/mol. The first kappa shape index (κ1) is 14.1. The van der Waals surface area contributed by atoms with E-state index in [1.165, 1.54) is 29.5 Å². The SMILES string of the molecule is CCCC(C)C(Br)c1cc(C)c(C)cc1Cl. The minimum absolute atomic E-state index is 0.360. The van der Waals surface area contributed by atoms with E-state index in [4.69, 9.17) is 11.6 Å². The van der Waals surface area contributed by atoms with Crippen LogP contribution in [-0.2, 0) is 0 Å². The Hall–Kier alpha value is -0.0100. The molecule has 0 radical (unpaired) electrons. The molecule has 1 aromatic carbocycles. The Morgan fingerprint density at radius 1 is 1.25 bits per heavy atom. The van der Waals surface area contributed by atoms with Gasteiger partial charge in [-0.2, -0.15) is 0 Å². The van der Waals surface area contributed by atoms with E-state index in [2.05, 4.69) is 55.8 Å². The summed E-state index contributed by atoms with van der Waals surface area (Å²) < 4.78 is 0. The Morgan fingerprint density at radius 3 is 2.38 bits per heavy atom. The van der Waals surface area contributed by atoms with E-state index >= 15 is 0 Å². The van der Waals surface area contributed by atoms with Crippen LogP contribution in [-0.4, -0.2) is 0 Å². The molecule has 0 heterocycles. The van der Waals surface area contributed by atoms with E-state index in [0.29, 0.717) is 10.7 Å². The van der Waals surface area contributed by atoms with Crippen molar-refractivity contribution in [3.05, 3.63) is 33.8 Å². The fraction of sp³-hybridized carbons (Fsp3) is 0.571. The van der Waals surface area contributed by atoms with Crippen LogP contribution in [0.25, 0.3) is 0 Å². The summed E-state index contributed by atoms with van der Waals surface area (Å²) in [5.41, 5.74) is 3.80. The van der Waals surface area contributed by atoms with Crippen molar-refractivity contribution in [2.24, 2.45) is 5.92 Å². The lowest BCUT2D eigenvalue weighted by Gasteiger charge is -2.20. The summed E-state index contributed by atoms with van der Waals surface area (Å²) in [5.74, 6) is 0.615. The summed E-state index contributed by atoms with van der Waals surface area (Å²) in [6, 6.07) is 4.28. The summed E-state index contributed by atoms with van der Waals surface area (Å²) >= 11 is 10.1. The molecule has 0 saturated heterocycles. The zero-order valence-electron chi connectivity index (χ0n) is 10.5. The predicted octanol–water partition coefficient (Wildman–Crippen LogP) is 5.83. The first-order chi connectivity index (χ1) is 7.47. The molecule has 0 aromatic heterocycles. The Balaban J connectivity index is 2.99. The maximum absolute atomic E-state index is 6.31. The van der Waals surface area contributed by atoms with Crippen molar-refractivity contribution in [2.45, 2.75) is 45.4 Å². The van der Waals surface area contributed by atoms with Gasteiger partial charge in [0.2, 0.25) is 0 Å². The van der Waals surface area contributed by atoms with Crippen LogP contribution in [0.5, 0.6) is 0 Å². The van der Waals surface area contributed by atoms with Crippen LogP contribution in [0.1, 0.15) is 48.2 Å². The first-order valence-corrected chi connectivity index (χ1v) is 7.17. The van der Waals surface area contributed by atoms with Gasteiger partial charge in [0.25, 0.3) is 0 Å². The van der Waals surface area contributed by atoms with Gasteiger partial charge in [-0.25, -0.2) is 0 Å². The van der Waals surface area contributed by atoms with Crippen LogP contribution in [0, 0.1) is 19.8 Å². The van der Waals surface area contributed by atoms with Crippen molar-refractivity contribution in [1.29, 1.82) is 0 Å². The molecule has 0 aliphatic heterocycles. The molecule has 0 saturated carbocycles. The number of hydrogen-bond acceptors (Lipinski definition) is 0. The second-order valence-electron chi connectivity index (χ2n) is 4.63. The lowest BCUT2D eigenvalue weighted by Crippen LogP contribution is -2.04. The summed E-state index contributed by atoms with van der Waals surface area (Å²) in [4.78, 5) is 0.360. The highest BCUT2D eigenvalue weighted by Crippen LogP contribution is 2.38. The monoisotopic (exact) mass is 302 g/mol. The molecule has 0 spiro atoms. The van der Waals surface area contributed by atoms with Crippen molar-refractivity contribution in [1.82, 2.24) is 0 Å². The molecule has 0 fully saturated rings. The second kappa shape index (κ2) is 6.07. The Labute approximate surface area is 113 Å². The molecule has 1 rings (SSSR count). The number of rotatable bonds is 4. The molecule has 0 amide bonds. The van der Waals surface area contributed by atoms with Gasteiger partial charge >= 0.3 is 0 Å². The van der Waals surface area contributed by atoms with Gasteiger partial charge < -0.3 is 0 Å². The van der Waals surface area contributed by atoms with Gasteiger partial charge in [0.1, 0.15) is 0 Å². The minimum atomic E-state index is 0.360. The number of aryl methyl sites for hydroxylation is 2. The zero-order valence-corrected chi connectivity index (χ0v) is 12.8. The van der Waals surface area contributed by atoms with E-state index in [0.717, 1.165) is 5.02 Å². The molecule has 0 aliphatic carbocycles. The van der Waals surface area contributed by atoms with Gasteiger partial charge in [-0.05, 0) is 48.9 Å². The number of halogens is 2. The summed E-state index contributed by atoms with van der Waals surface area (Å²) in [6.45, 7) is 8.73. The Kier molecular flexibility index (Phi) is 5.33. The number of hydrogen-bond donors (Lipinski definition) is 0. The largest absolute Gasteiger partial charge is 0.0840 e. The van der Waals surface area contributed by atoms with Crippen molar-refractivity contribution >= 4 is 27.5 Å². The van der Waals surface area contributed by atoms with Crippen LogP contribution in [0.2, 0.25) is 5.02 Å². The third kappa shape index (κ3) is 3.24. The highest BCUT2D eigenvalue weighted by Gasteiger charge is 2.18. The molecule has 2 atom stereocenters. The smallest absolute Gasteiger partial charge is 0.0452 e. The Bertz CT molecular complexity index is 360. The van der Waals surface area contributed by atoms with Gasteiger partial charge in [0.15, 0.2) is 0 Å². The van der Waals surface area contributed by atoms with Crippen LogP contribution in [0.4, 0.5) is 0 Å². The average Bonchev–Trinajstić information content (AvgIpc) is 2.23. The number of alkyl halides is 1. The molecule has 2 unspecified atom stereocenters. The standard InChI is InChI=1S/C14H20BrCl/c1-5-6-9(2)14(15)12-7-10(3)11(4)8-13(12)16/h7-9,14H,5-6H2,1-4H3. The predicted molar refractivity (Wildman–Crippen MR) is 76.7 cm³/mol. The fourth-order valence-corrected chi connectivity index (χ4v) is 3.03. The Morgan fingerprint density at radius 2 is 1.81 bits per heavy atom. The molecule has 90 valence electrons. The first-order valence-electron chi connectivity index (χ1n) is 5.88. The number of benzene rings is 1. The molecule has 1 aromatic rings. The summed E-state index contributed by atoms with van der Waals surface area (Å²) in [7, 11) is 0. The molecule has 0 aliphatic rings. The normalized spacial score (nSPS) is 14.9. The summed E-state index contributed by atoms with van der Waals surface area (Å²) in [5, 5.41) is 0.882. The minimum Gasteiger partial charge on any atom is -0.0840 e. The van der Waals surface area contributed by atoms with Gasteiger partial charge in [0, 0.05) is 9.85 Å². The van der Waals surface area contributed by atoms with Crippen LogP contribution in [0.3, 0.4) is 0 Å². The van der Waals surface area contributed by atoms with Crippen molar-refractivity contribution in [3.63, 3.8) is 0 Å². The van der Waals surface area contributed by atoms with Crippen molar-refractivity contribution in [3.8, 4) is 0 Å². The van der Waals surface area contributed by atoms with Gasteiger partial charge in [-0.3, -0.25) is 0 Å². The quantitative estimate of drug-likeness (QED) is 0.614. The van der Waals surface area contributed by atoms with Gasteiger partial charge in [-0.1, -0.05) is 53.9 Å². The molecule has 2 heteroatoms. The van der Waals surface area contributed by atoms with E-state index in [1.807, 2.05) is 0 Å². The zero-order chi connectivity index (χ0) is 12.3. The molecular formula is C14H20BrCl. The van der Waals surface area contributed by atoms with Crippen LogP contribution in [0.15, 0.2) is 12.1 Å². The maximum Gasteiger partial charge on any atom is 0.0452 e. The lowest BCUT2D eigenvalue weighted by molar-refractivity contribution is 0.518. The third-order valence-electron chi connectivity index (χ3n) is 3.15. The molecule has 0 bridgehead atoms.